The number of amides is 1. The van der Waals surface area contributed by atoms with Crippen molar-refractivity contribution in [3.8, 4) is 0 Å². The number of hydrogen-bond donors (Lipinski definition) is 3. The fraction of sp³-hybridized carbons (Fsp3) is 0.368. The highest BCUT2D eigenvalue weighted by Crippen LogP contribution is 2.19. The molecule has 0 aliphatic heterocycles. The van der Waals surface area contributed by atoms with Crippen molar-refractivity contribution >= 4 is 23.2 Å². The average molecular weight is 377 g/mol. The van der Waals surface area contributed by atoms with Crippen LogP contribution in [0.3, 0.4) is 0 Å². The van der Waals surface area contributed by atoms with E-state index in [-0.39, 0.29) is 11.7 Å². The van der Waals surface area contributed by atoms with Gasteiger partial charge in [-0.2, -0.15) is 0 Å². The number of aryl methyl sites for hydroxylation is 1. The number of carbonyl (C=O) groups excluding carboxylic acids is 1. The number of aliphatic imine (C=N–C) groups is 1. The fourth-order valence-corrected chi connectivity index (χ4v) is 3.12. The Morgan fingerprint density at radius 2 is 2.00 bits per heavy atom. The number of halogens is 1. The predicted octanol–water partition coefficient (Wildman–Crippen LogP) is 2.89. The van der Waals surface area contributed by atoms with E-state index in [1.165, 1.54) is 10.9 Å². The van der Waals surface area contributed by atoms with Crippen molar-refractivity contribution < 1.29 is 9.18 Å². The smallest absolute Gasteiger partial charge is 0.251 e. The van der Waals surface area contributed by atoms with E-state index in [1.807, 2.05) is 6.07 Å². The number of rotatable bonds is 7. The molecule has 0 saturated heterocycles. The average Bonchev–Trinajstić information content (AvgIpc) is 3.17. The van der Waals surface area contributed by atoms with Gasteiger partial charge in [-0.05, 0) is 36.1 Å². The van der Waals surface area contributed by atoms with Crippen LogP contribution < -0.4 is 16.0 Å². The van der Waals surface area contributed by atoms with E-state index < -0.39 is 0 Å². The number of benzene rings is 1. The van der Waals surface area contributed by atoms with Crippen LogP contribution >= 0.6 is 11.3 Å². The number of thiophene rings is 1. The molecule has 5 nitrogen and oxygen atoms in total. The van der Waals surface area contributed by atoms with E-state index in [4.69, 9.17) is 0 Å². The minimum absolute atomic E-state index is 0.292. The molecule has 1 aromatic heterocycles. The largest absolute Gasteiger partial charge is 0.356 e. The zero-order valence-corrected chi connectivity index (χ0v) is 16.1. The summed E-state index contributed by atoms with van der Waals surface area (Å²) in [5, 5.41) is 11.3. The highest BCUT2D eigenvalue weighted by molar-refractivity contribution is 7.10. The molecular weight excluding hydrogens is 351 g/mol. The van der Waals surface area contributed by atoms with Crippen LogP contribution in [0.1, 0.15) is 33.6 Å². The van der Waals surface area contributed by atoms with Gasteiger partial charge < -0.3 is 16.0 Å². The number of hydrogen-bond acceptors (Lipinski definition) is 3. The number of carbonyl (C=O) groups is 1. The second-order valence-corrected chi connectivity index (χ2v) is 7.00. The zero-order valence-electron chi connectivity index (χ0n) is 15.3. The van der Waals surface area contributed by atoms with Gasteiger partial charge in [0.15, 0.2) is 5.96 Å². The Labute approximate surface area is 157 Å². The fourth-order valence-electron chi connectivity index (χ4n) is 2.34. The van der Waals surface area contributed by atoms with Gasteiger partial charge in [-0.15, -0.1) is 11.3 Å². The van der Waals surface area contributed by atoms with Gasteiger partial charge in [0.1, 0.15) is 5.82 Å². The maximum atomic E-state index is 13.5. The Morgan fingerprint density at radius 3 is 2.65 bits per heavy atom. The van der Waals surface area contributed by atoms with Crippen LogP contribution in [0, 0.1) is 12.7 Å². The van der Waals surface area contributed by atoms with Gasteiger partial charge in [0.2, 0.25) is 0 Å². The molecule has 1 amide bonds. The standard InChI is InChI=1S/C19H25FN4OS/c1-13-6-7-15(11-16(13)20)18(25)22-8-9-23-19(21-3)24-12-14(2)17-5-4-10-26-17/h4-7,10-11,14H,8-9,12H2,1-3H3,(H,22,25)(H2,21,23,24). The van der Waals surface area contributed by atoms with Gasteiger partial charge in [-0.1, -0.05) is 19.1 Å². The van der Waals surface area contributed by atoms with E-state index in [0.29, 0.717) is 36.1 Å². The lowest BCUT2D eigenvalue weighted by Crippen LogP contribution is -2.42. The molecule has 0 radical (unpaired) electrons. The van der Waals surface area contributed by atoms with Crippen LogP contribution in [-0.4, -0.2) is 38.5 Å². The topological polar surface area (TPSA) is 65.5 Å². The van der Waals surface area contributed by atoms with Crippen LogP contribution in [0.4, 0.5) is 4.39 Å². The SMILES string of the molecule is CN=C(NCCNC(=O)c1ccc(C)c(F)c1)NCC(C)c1cccs1. The van der Waals surface area contributed by atoms with Crippen molar-refractivity contribution in [2.24, 2.45) is 4.99 Å². The second-order valence-electron chi connectivity index (χ2n) is 6.02. The highest BCUT2D eigenvalue weighted by atomic mass is 32.1. The molecule has 26 heavy (non-hydrogen) atoms. The van der Waals surface area contributed by atoms with Crippen LogP contribution in [0.2, 0.25) is 0 Å². The Morgan fingerprint density at radius 1 is 1.23 bits per heavy atom. The molecule has 3 N–H and O–H groups in total. The van der Waals surface area contributed by atoms with Crippen molar-refractivity contribution in [2.45, 2.75) is 19.8 Å². The summed E-state index contributed by atoms with van der Waals surface area (Å²) >= 11 is 1.74. The maximum Gasteiger partial charge on any atom is 0.251 e. The Bertz CT molecular complexity index is 746. The van der Waals surface area contributed by atoms with Crippen molar-refractivity contribution in [1.82, 2.24) is 16.0 Å². The minimum atomic E-state index is -0.375. The summed E-state index contributed by atoms with van der Waals surface area (Å²) in [6.07, 6.45) is 0. The van der Waals surface area contributed by atoms with Crippen molar-refractivity contribution in [1.29, 1.82) is 0 Å². The van der Waals surface area contributed by atoms with E-state index in [2.05, 4.69) is 39.3 Å². The third kappa shape index (κ3) is 5.84. The summed E-state index contributed by atoms with van der Waals surface area (Å²) in [4.78, 5) is 17.5. The first kappa shape index (κ1) is 19.9. The summed E-state index contributed by atoms with van der Waals surface area (Å²) < 4.78 is 13.5. The first-order valence-electron chi connectivity index (χ1n) is 8.53. The molecule has 0 fully saturated rings. The zero-order chi connectivity index (χ0) is 18.9. The molecule has 1 heterocycles. The third-order valence-electron chi connectivity index (χ3n) is 3.97. The first-order chi connectivity index (χ1) is 12.5. The molecule has 2 aromatic rings. The lowest BCUT2D eigenvalue weighted by atomic mass is 10.1. The van der Waals surface area contributed by atoms with Crippen molar-refractivity contribution in [3.63, 3.8) is 0 Å². The van der Waals surface area contributed by atoms with Gasteiger partial charge >= 0.3 is 0 Å². The van der Waals surface area contributed by atoms with Gasteiger partial charge in [0, 0.05) is 43.0 Å². The molecule has 1 atom stereocenters. The summed E-state index contributed by atoms with van der Waals surface area (Å²) in [7, 11) is 1.71. The monoisotopic (exact) mass is 376 g/mol. The molecule has 1 aromatic carbocycles. The Balaban J connectivity index is 1.70. The van der Waals surface area contributed by atoms with Crippen LogP contribution in [0.15, 0.2) is 40.7 Å². The maximum absolute atomic E-state index is 13.5. The molecule has 140 valence electrons. The van der Waals surface area contributed by atoms with Gasteiger partial charge in [-0.25, -0.2) is 4.39 Å². The molecule has 0 bridgehead atoms. The number of nitrogens with one attached hydrogen (secondary N) is 3. The minimum Gasteiger partial charge on any atom is -0.356 e. The first-order valence-corrected chi connectivity index (χ1v) is 9.41. The lowest BCUT2D eigenvalue weighted by molar-refractivity contribution is 0.0954. The number of nitrogens with zero attached hydrogens (tertiary/aromatic N) is 1. The molecular formula is C19H25FN4OS. The van der Waals surface area contributed by atoms with E-state index in [9.17, 15) is 9.18 Å². The molecule has 0 aliphatic rings. The van der Waals surface area contributed by atoms with Gasteiger partial charge in [0.25, 0.3) is 5.91 Å². The van der Waals surface area contributed by atoms with Crippen molar-refractivity contribution in [3.05, 3.63) is 57.5 Å². The highest BCUT2D eigenvalue weighted by Gasteiger charge is 2.09. The van der Waals surface area contributed by atoms with Gasteiger partial charge in [-0.3, -0.25) is 9.79 Å². The van der Waals surface area contributed by atoms with E-state index in [0.717, 1.165) is 6.54 Å². The third-order valence-corrected chi connectivity index (χ3v) is 5.07. The Kier molecular flexibility index (Phi) is 7.59. The molecule has 0 spiro atoms. The van der Waals surface area contributed by atoms with E-state index >= 15 is 0 Å². The normalized spacial score (nSPS) is 12.5. The van der Waals surface area contributed by atoms with Crippen LogP contribution in [0.5, 0.6) is 0 Å². The molecule has 7 heteroatoms. The van der Waals surface area contributed by atoms with Crippen molar-refractivity contribution in [2.75, 3.05) is 26.7 Å². The van der Waals surface area contributed by atoms with E-state index in [1.54, 1.807) is 37.4 Å². The summed E-state index contributed by atoms with van der Waals surface area (Å²) in [6.45, 7) is 5.53. The van der Waals surface area contributed by atoms with Crippen LogP contribution in [0.25, 0.3) is 0 Å². The van der Waals surface area contributed by atoms with Crippen LogP contribution in [-0.2, 0) is 0 Å². The van der Waals surface area contributed by atoms with Gasteiger partial charge in [0.05, 0.1) is 0 Å². The lowest BCUT2D eigenvalue weighted by Gasteiger charge is -2.15. The molecule has 1 unspecified atom stereocenters. The summed E-state index contributed by atoms with van der Waals surface area (Å²) in [5.41, 5.74) is 0.843. The molecule has 2 rings (SSSR count). The summed E-state index contributed by atoms with van der Waals surface area (Å²) in [6, 6.07) is 8.64. The number of guanidine groups is 1. The second kappa shape index (κ2) is 9.91. The quantitative estimate of drug-likeness (QED) is 0.395. The molecule has 0 saturated carbocycles. The Hall–Kier alpha value is -2.41. The predicted molar refractivity (Wildman–Crippen MR) is 106 cm³/mol. The summed E-state index contributed by atoms with van der Waals surface area (Å²) in [5.74, 6) is 0.411. The molecule has 0 aliphatic carbocycles.